The van der Waals surface area contributed by atoms with E-state index < -0.39 is 17.8 Å². The number of anilines is 1. The Kier molecular flexibility index (Phi) is 6.81. The van der Waals surface area contributed by atoms with Gasteiger partial charge in [0.25, 0.3) is 0 Å². The van der Waals surface area contributed by atoms with Crippen LogP contribution >= 0.6 is 0 Å². The largest absolute Gasteiger partial charge is 0.481 e. The molecule has 0 aliphatic rings. The number of aromatic amines is 1. The van der Waals surface area contributed by atoms with Crippen molar-refractivity contribution in [2.75, 3.05) is 18.5 Å². The van der Waals surface area contributed by atoms with E-state index >= 15 is 0 Å². The van der Waals surface area contributed by atoms with Crippen LogP contribution in [0.1, 0.15) is 37.6 Å². The van der Waals surface area contributed by atoms with Gasteiger partial charge in [0.1, 0.15) is 5.82 Å². The first-order valence-corrected chi connectivity index (χ1v) is 8.27. The van der Waals surface area contributed by atoms with Crippen LogP contribution in [0.3, 0.4) is 0 Å². The molecule has 25 heavy (non-hydrogen) atoms. The fourth-order valence-electron chi connectivity index (χ4n) is 2.77. The van der Waals surface area contributed by atoms with E-state index in [0.29, 0.717) is 31.0 Å². The first kappa shape index (κ1) is 18.8. The number of nitrogens with one attached hydrogen (secondary N) is 2. The second kappa shape index (κ2) is 9.07. The molecule has 9 heteroatoms. The molecule has 2 heterocycles. The van der Waals surface area contributed by atoms with Gasteiger partial charge in [-0.05, 0) is 30.4 Å². The van der Waals surface area contributed by atoms with Crippen LogP contribution in [-0.2, 0) is 11.2 Å². The number of nitrogens with zero attached hydrogens (tertiary/aromatic N) is 4. The Balaban J connectivity index is 2.20. The smallest absolute Gasteiger partial charge is 0.307 e. The van der Waals surface area contributed by atoms with E-state index in [-0.39, 0.29) is 12.5 Å². The number of aromatic nitrogens is 5. The maximum atomic E-state index is 11.8. The third kappa shape index (κ3) is 5.49. The number of hydrogen-bond acceptors (Lipinski definition) is 7. The molecule has 0 saturated carbocycles. The molecule has 0 saturated heterocycles. The van der Waals surface area contributed by atoms with E-state index in [4.69, 9.17) is 5.11 Å². The number of carboxylic acid groups (broad SMARTS) is 1. The van der Waals surface area contributed by atoms with E-state index in [1.165, 1.54) is 0 Å². The maximum Gasteiger partial charge on any atom is 0.307 e. The van der Waals surface area contributed by atoms with E-state index in [9.17, 15) is 9.90 Å². The molecule has 2 rings (SSSR count). The van der Waals surface area contributed by atoms with E-state index in [1.807, 2.05) is 19.9 Å². The molecule has 136 valence electrons. The normalized spacial score (nSPS) is 13.6. The number of H-pyrrole nitrogens is 1. The lowest BCUT2D eigenvalue weighted by Crippen LogP contribution is -2.26. The maximum absolute atomic E-state index is 11.8. The Bertz CT molecular complexity index is 644. The number of aliphatic hydroxyl groups excluding tert-OH is 1. The SMILES string of the molecule is CC(C)CC(C(=O)O)[C@H](Cc1ccc(NCCO)nc1)c1nn[nH]n1. The minimum absolute atomic E-state index is 0.0266. The number of rotatable bonds is 10. The first-order chi connectivity index (χ1) is 12.0. The minimum Gasteiger partial charge on any atom is -0.481 e. The highest BCUT2D eigenvalue weighted by Crippen LogP contribution is 2.31. The predicted molar refractivity (Wildman–Crippen MR) is 91.0 cm³/mol. The Morgan fingerprint density at radius 2 is 2.16 bits per heavy atom. The molecule has 0 spiro atoms. The third-order valence-corrected chi connectivity index (χ3v) is 3.92. The lowest BCUT2D eigenvalue weighted by Gasteiger charge is -2.23. The summed E-state index contributed by atoms with van der Waals surface area (Å²) in [6.45, 7) is 4.44. The van der Waals surface area contributed by atoms with Crippen LogP contribution in [-0.4, -0.2) is 54.9 Å². The molecule has 2 aromatic heterocycles. The Morgan fingerprint density at radius 1 is 1.36 bits per heavy atom. The lowest BCUT2D eigenvalue weighted by atomic mass is 9.81. The van der Waals surface area contributed by atoms with E-state index in [0.717, 1.165) is 5.56 Å². The summed E-state index contributed by atoms with van der Waals surface area (Å²) in [6.07, 6.45) is 2.68. The zero-order valence-corrected chi connectivity index (χ0v) is 14.4. The van der Waals surface area contributed by atoms with Crippen molar-refractivity contribution in [3.63, 3.8) is 0 Å². The van der Waals surface area contributed by atoms with Gasteiger partial charge in [-0.1, -0.05) is 25.1 Å². The summed E-state index contributed by atoms with van der Waals surface area (Å²) in [5, 5.41) is 35.5. The van der Waals surface area contributed by atoms with Crippen LogP contribution in [0.2, 0.25) is 0 Å². The molecular formula is C16H24N6O3. The van der Waals surface area contributed by atoms with Gasteiger partial charge < -0.3 is 15.5 Å². The van der Waals surface area contributed by atoms with Crippen molar-refractivity contribution in [2.45, 2.75) is 32.6 Å². The van der Waals surface area contributed by atoms with Gasteiger partial charge in [0.15, 0.2) is 5.82 Å². The quantitative estimate of drug-likeness (QED) is 0.500. The average molecular weight is 348 g/mol. The van der Waals surface area contributed by atoms with Gasteiger partial charge in [-0.15, -0.1) is 10.2 Å². The van der Waals surface area contributed by atoms with Crippen LogP contribution < -0.4 is 5.32 Å². The molecule has 2 aromatic rings. The zero-order chi connectivity index (χ0) is 18.2. The summed E-state index contributed by atoms with van der Waals surface area (Å²) in [4.78, 5) is 16.1. The number of carbonyl (C=O) groups is 1. The Hall–Kier alpha value is -2.55. The van der Waals surface area contributed by atoms with Gasteiger partial charge in [0.2, 0.25) is 0 Å². The molecule has 0 radical (unpaired) electrons. The average Bonchev–Trinajstić information content (AvgIpc) is 3.11. The monoisotopic (exact) mass is 348 g/mol. The summed E-state index contributed by atoms with van der Waals surface area (Å²) in [6, 6.07) is 3.69. The first-order valence-electron chi connectivity index (χ1n) is 8.27. The van der Waals surface area contributed by atoms with Crippen molar-refractivity contribution in [2.24, 2.45) is 11.8 Å². The second-order valence-electron chi connectivity index (χ2n) is 6.36. The highest BCUT2D eigenvalue weighted by molar-refractivity contribution is 5.71. The van der Waals surface area contributed by atoms with Crippen molar-refractivity contribution >= 4 is 11.8 Å². The molecule has 0 aliphatic heterocycles. The molecule has 0 fully saturated rings. The van der Waals surface area contributed by atoms with Gasteiger partial charge in [-0.25, -0.2) is 4.98 Å². The molecule has 1 unspecified atom stereocenters. The lowest BCUT2D eigenvalue weighted by molar-refractivity contribution is -0.143. The number of pyridine rings is 1. The third-order valence-electron chi connectivity index (χ3n) is 3.92. The van der Waals surface area contributed by atoms with Crippen LogP contribution in [0.4, 0.5) is 5.82 Å². The number of tetrazole rings is 1. The molecular weight excluding hydrogens is 324 g/mol. The highest BCUT2D eigenvalue weighted by Gasteiger charge is 2.33. The summed E-state index contributed by atoms with van der Waals surface area (Å²) < 4.78 is 0. The van der Waals surface area contributed by atoms with Gasteiger partial charge in [0, 0.05) is 18.7 Å². The van der Waals surface area contributed by atoms with Crippen molar-refractivity contribution in [1.82, 2.24) is 25.6 Å². The van der Waals surface area contributed by atoms with Gasteiger partial charge in [0.05, 0.1) is 12.5 Å². The standard InChI is InChI=1S/C16H24N6O3/c1-10(2)7-13(16(24)25)12(15-19-21-22-20-15)8-11-3-4-14(18-9-11)17-5-6-23/h3-4,9-10,12-13,23H,5-8H2,1-2H3,(H,17,18)(H,24,25)(H,19,20,21,22)/t12-,13?/m0/s1. The summed E-state index contributed by atoms with van der Waals surface area (Å²) in [7, 11) is 0. The molecule has 4 N–H and O–H groups in total. The zero-order valence-electron chi connectivity index (χ0n) is 14.4. The van der Waals surface area contributed by atoms with E-state index in [2.05, 4.69) is 30.9 Å². The van der Waals surface area contributed by atoms with Gasteiger partial charge >= 0.3 is 5.97 Å². The molecule has 0 aliphatic carbocycles. The topological polar surface area (TPSA) is 137 Å². The molecule has 2 atom stereocenters. The number of hydrogen-bond donors (Lipinski definition) is 4. The molecule has 0 bridgehead atoms. The van der Waals surface area contributed by atoms with Crippen LogP contribution in [0.5, 0.6) is 0 Å². The van der Waals surface area contributed by atoms with Crippen molar-refractivity contribution in [3.8, 4) is 0 Å². The Morgan fingerprint density at radius 3 is 2.68 bits per heavy atom. The number of aliphatic carboxylic acids is 1. The summed E-state index contributed by atoms with van der Waals surface area (Å²) >= 11 is 0. The highest BCUT2D eigenvalue weighted by atomic mass is 16.4. The van der Waals surface area contributed by atoms with Gasteiger partial charge in [-0.3, -0.25) is 4.79 Å². The summed E-state index contributed by atoms with van der Waals surface area (Å²) in [5.74, 6) is -0.570. The van der Waals surface area contributed by atoms with Crippen molar-refractivity contribution in [3.05, 3.63) is 29.7 Å². The van der Waals surface area contributed by atoms with Crippen molar-refractivity contribution in [1.29, 1.82) is 0 Å². The second-order valence-corrected chi connectivity index (χ2v) is 6.36. The molecule has 9 nitrogen and oxygen atoms in total. The van der Waals surface area contributed by atoms with E-state index in [1.54, 1.807) is 12.3 Å². The van der Waals surface area contributed by atoms with Crippen LogP contribution in [0.25, 0.3) is 0 Å². The predicted octanol–water partition coefficient (Wildman–Crippen LogP) is 1.07. The minimum atomic E-state index is -0.863. The number of carboxylic acids is 1. The summed E-state index contributed by atoms with van der Waals surface area (Å²) in [5.41, 5.74) is 0.888. The van der Waals surface area contributed by atoms with Gasteiger partial charge in [-0.2, -0.15) is 5.21 Å². The van der Waals surface area contributed by atoms with Crippen LogP contribution in [0.15, 0.2) is 18.3 Å². The van der Waals surface area contributed by atoms with Crippen molar-refractivity contribution < 1.29 is 15.0 Å². The number of aliphatic hydroxyl groups is 1. The Labute approximate surface area is 145 Å². The molecule has 0 amide bonds. The van der Waals surface area contributed by atoms with Crippen LogP contribution in [0, 0.1) is 11.8 Å². The fourth-order valence-corrected chi connectivity index (χ4v) is 2.77. The molecule has 0 aromatic carbocycles. The fraction of sp³-hybridized carbons (Fsp3) is 0.562.